The third kappa shape index (κ3) is 6.71. The van der Waals surface area contributed by atoms with E-state index in [1.165, 1.54) is 90.0 Å². The molecule has 41 heavy (non-hydrogen) atoms. The van der Waals surface area contributed by atoms with Gasteiger partial charge in [0.1, 0.15) is 4.88 Å². The standard InChI is InChI=1S/C31H40ClN3O3S.2ClH/c1-38-17-11-21-6-5-12-33(20-21)13-14-34-15-16-35-26-19-27(31(36)37)39-30(26)28(22-7-3-2-4-8-22)29(35)24-10-9-23(32)18-25(24)34;;/h9-10,18-19,21-22H,2-8,11-17,20H2,1H3,(H,36,37);2*1H/t21-;;/m0../s1. The molecule has 1 saturated heterocycles. The molecule has 2 aliphatic heterocycles. The van der Waals surface area contributed by atoms with Crippen LogP contribution in [0.15, 0.2) is 24.3 Å². The first-order valence-electron chi connectivity index (χ1n) is 14.7. The second-order valence-electron chi connectivity index (χ2n) is 11.6. The van der Waals surface area contributed by atoms with E-state index < -0.39 is 5.97 Å². The van der Waals surface area contributed by atoms with Gasteiger partial charge in [0.15, 0.2) is 0 Å². The van der Waals surface area contributed by atoms with E-state index in [0.29, 0.717) is 10.8 Å². The van der Waals surface area contributed by atoms with E-state index in [4.69, 9.17) is 16.3 Å². The van der Waals surface area contributed by atoms with Crippen LogP contribution < -0.4 is 4.90 Å². The number of hydrogen-bond acceptors (Lipinski definition) is 5. The molecule has 1 aromatic carbocycles. The summed E-state index contributed by atoms with van der Waals surface area (Å²) >= 11 is 8.09. The van der Waals surface area contributed by atoms with Crippen LogP contribution in [0.5, 0.6) is 0 Å². The van der Waals surface area contributed by atoms with Crippen molar-refractivity contribution in [2.75, 3.05) is 51.3 Å². The molecule has 3 aliphatic rings. The van der Waals surface area contributed by atoms with Crippen molar-refractivity contribution in [3.8, 4) is 11.3 Å². The molecule has 6 rings (SSSR count). The lowest BCUT2D eigenvalue weighted by atomic mass is 9.83. The number of piperidine rings is 1. The van der Waals surface area contributed by atoms with Crippen molar-refractivity contribution >= 4 is 69.6 Å². The Balaban J connectivity index is 0.00000194. The number of methoxy groups -OCH3 is 1. The highest BCUT2D eigenvalue weighted by Gasteiger charge is 2.32. The third-order valence-corrected chi connectivity index (χ3v) is 10.5. The molecule has 0 radical (unpaired) electrons. The van der Waals surface area contributed by atoms with E-state index in [9.17, 15) is 9.90 Å². The van der Waals surface area contributed by atoms with Crippen LogP contribution in [0, 0.1) is 5.92 Å². The highest BCUT2D eigenvalue weighted by atomic mass is 35.5. The number of halogens is 3. The molecule has 2 aromatic heterocycles. The van der Waals surface area contributed by atoms with Gasteiger partial charge in [-0.3, -0.25) is 0 Å². The van der Waals surface area contributed by atoms with Gasteiger partial charge in [-0.1, -0.05) is 30.9 Å². The number of nitrogens with zero attached hydrogens (tertiary/aromatic N) is 3. The van der Waals surface area contributed by atoms with Crippen LogP contribution >= 0.6 is 47.8 Å². The summed E-state index contributed by atoms with van der Waals surface area (Å²) in [5.41, 5.74) is 6.23. The maximum absolute atomic E-state index is 12.0. The summed E-state index contributed by atoms with van der Waals surface area (Å²) in [7, 11) is 1.80. The molecular weight excluding hydrogens is 601 g/mol. The second-order valence-corrected chi connectivity index (χ2v) is 13.1. The fourth-order valence-corrected chi connectivity index (χ4v) is 8.51. The van der Waals surface area contributed by atoms with E-state index >= 15 is 0 Å². The van der Waals surface area contributed by atoms with Gasteiger partial charge in [0.05, 0.1) is 15.9 Å². The lowest BCUT2D eigenvalue weighted by Crippen LogP contribution is -2.41. The SMILES string of the molecule is COCC[C@@H]1CCCN(CCN2CCn3c(c(C4CCCCC4)c4sc(C(=O)O)cc43)-c3ccc(Cl)cc32)C1.Cl.Cl. The molecule has 2 fully saturated rings. The predicted octanol–water partition coefficient (Wildman–Crippen LogP) is 8.18. The van der Waals surface area contributed by atoms with Gasteiger partial charge >= 0.3 is 5.97 Å². The fraction of sp³-hybridized carbons (Fsp3) is 0.581. The van der Waals surface area contributed by atoms with Crippen LogP contribution in [0.1, 0.15) is 72.5 Å². The molecule has 1 saturated carbocycles. The average molecular weight is 643 g/mol. The molecule has 0 bridgehead atoms. The quantitative estimate of drug-likeness (QED) is 0.269. The first kappa shape index (κ1) is 32.4. The van der Waals surface area contributed by atoms with E-state index in [-0.39, 0.29) is 24.8 Å². The lowest BCUT2D eigenvalue weighted by Gasteiger charge is -2.35. The van der Waals surface area contributed by atoms with Crippen molar-refractivity contribution in [1.29, 1.82) is 0 Å². The van der Waals surface area contributed by atoms with E-state index in [2.05, 4.69) is 26.5 Å². The number of anilines is 1. The minimum absolute atomic E-state index is 0. The lowest BCUT2D eigenvalue weighted by molar-refractivity contribution is 0.0702. The van der Waals surface area contributed by atoms with Gasteiger partial charge < -0.3 is 24.2 Å². The summed E-state index contributed by atoms with van der Waals surface area (Å²) in [6.45, 7) is 6.89. The molecule has 0 amide bonds. The first-order valence-corrected chi connectivity index (χ1v) is 15.9. The summed E-state index contributed by atoms with van der Waals surface area (Å²) < 4.78 is 8.95. The Kier molecular flexibility index (Phi) is 11.3. The van der Waals surface area contributed by atoms with Gasteiger partial charge in [-0.05, 0) is 80.3 Å². The Labute approximate surface area is 264 Å². The minimum Gasteiger partial charge on any atom is -0.477 e. The Morgan fingerprint density at radius 3 is 2.61 bits per heavy atom. The van der Waals surface area contributed by atoms with E-state index in [1.54, 1.807) is 7.11 Å². The van der Waals surface area contributed by atoms with E-state index in [1.807, 2.05) is 12.1 Å². The summed E-state index contributed by atoms with van der Waals surface area (Å²) in [4.78, 5) is 17.6. The highest BCUT2D eigenvalue weighted by Crippen LogP contribution is 2.49. The number of carbonyl (C=O) groups is 1. The van der Waals surface area contributed by atoms with Crippen molar-refractivity contribution < 1.29 is 14.6 Å². The smallest absolute Gasteiger partial charge is 0.345 e. The molecule has 226 valence electrons. The number of thiophene rings is 1. The number of ether oxygens (including phenoxy) is 1. The number of benzene rings is 1. The van der Waals surface area contributed by atoms with Crippen molar-refractivity contribution in [2.45, 2.75) is 63.8 Å². The highest BCUT2D eigenvalue weighted by molar-refractivity contribution is 7.21. The third-order valence-electron chi connectivity index (χ3n) is 9.17. The molecular formula is C31H42Cl3N3O3S. The number of likely N-dealkylation sites (tertiary alicyclic amines) is 1. The summed E-state index contributed by atoms with van der Waals surface area (Å²) in [6, 6.07) is 8.29. The number of aromatic carboxylic acids is 1. The first-order chi connectivity index (χ1) is 19.0. The maximum Gasteiger partial charge on any atom is 0.345 e. The van der Waals surface area contributed by atoms with Gasteiger partial charge in [0.2, 0.25) is 0 Å². The zero-order valence-corrected chi connectivity index (χ0v) is 27.0. The van der Waals surface area contributed by atoms with E-state index in [0.717, 1.165) is 62.2 Å². The topological polar surface area (TPSA) is 57.9 Å². The van der Waals surface area contributed by atoms with Crippen LogP contribution in [0.3, 0.4) is 0 Å². The van der Waals surface area contributed by atoms with Gasteiger partial charge in [0.25, 0.3) is 0 Å². The van der Waals surface area contributed by atoms with Crippen LogP contribution in [-0.2, 0) is 11.3 Å². The van der Waals surface area contributed by atoms with Crippen molar-refractivity contribution in [2.24, 2.45) is 5.92 Å². The van der Waals surface area contributed by atoms with Gasteiger partial charge in [-0.15, -0.1) is 36.2 Å². The number of carboxylic acid groups (broad SMARTS) is 1. The number of aromatic nitrogens is 1. The van der Waals surface area contributed by atoms with Crippen molar-refractivity contribution in [1.82, 2.24) is 9.47 Å². The van der Waals surface area contributed by atoms with Gasteiger partial charge in [-0.25, -0.2) is 4.79 Å². The minimum atomic E-state index is -0.826. The number of carboxylic acids is 1. The molecule has 1 aliphatic carbocycles. The van der Waals surface area contributed by atoms with Crippen LogP contribution in [0.2, 0.25) is 5.02 Å². The molecule has 6 nitrogen and oxygen atoms in total. The molecule has 1 atom stereocenters. The molecule has 0 unspecified atom stereocenters. The Bertz CT molecular complexity index is 1340. The molecule has 3 aromatic rings. The molecule has 10 heteroatoms. The van der Waals surface area contributed by atoms with Gasteiger partial charge in [-0.2, -0.15) is 0 Å². The second kappa shape index (κ2) is 14.3. The van der Waals surface area contributed by atoms with Crippen LogP contribution in [0.4, 0.5) is 5.69 Å². The number of hydrogen-bond donors (Lipinski definition) is 1. The van der Waals surface area contributed by atoms with Crippen molar-refractivity contribution in [3.63, 3.8) is 0 Å². The zero-order chi connectivity index (χ0) is 26.9. The Hall–Kier alpha value is -1.48. The summed E-state index contributed by atoms with van der Waals surface area (Å²) in [5, 5.41) is 10.6. The molecule has 0 spiro atoms. The fourth-order valence-electron chi connectivity index (χ4n) is 7.22. The predicted molar refractivity (Wildman–Crippen MR) is 175 cm³/mol. The summed E-state index contributed by atoms with van der Waals surface area (Å²) in [5.74, 6) is 0.372. The largest absolute Gasteiger partial charge is 0.477 e. The molecule has 1 N–H and O–H groups in total. The Morgan fingerprint density at radius 2 is 1.85 bits per heavy atom. The Morgan fingerprint density at radius 1 is 1.05 bits per heavy atom. The van der Waals surface area contributed by atoms with Crippen molar-refractivity contribution in [3.05, 3.63) is 39.7 Å². The summed E-state index contributed by atoms with van der Waals surface area (Å²) in [6.07, 6.45) is 9.85. The maximum atomic E-state index is 12.0. The zero-order valence-electron chi connectivity index (χ0n) is 23.8. The number of fused-ring (bicyclic) bond motifs is 5. The number of rotatable bonds is 8. The van der Waals surface area contributed by atoms with Crippen LogP contribution in [-0.4, -0.2) is 67.0 Å². The average Bonchev–Trinajstić information content (AvgIpc) is 3.46. The normalized spacial score (nSPS) is 19.7. The van der Waals surface area contributed by atoms with Crippen LogP contribution in [0.25, 0.3) is 21.5 Å². The molecule has 4 heterocycles. The monoisotopic (exact) mass is 641 g/mol. The van der Waals surface area contributed by atoms with Gasteiger partial charge in [0, 0.05) is 62.7 Å².